The highest BCUT2D eigenvalue weighted by Gasteiger charge is 2.13. The lowest BCUT2D eigenvalue weighted by Gasteiger charge is -2.06. The zero-order chi connectivity index (χ0) is 13.3. The number of halogens is 1. The van der Waals surface area contributed by atoms with E-state index < -0.39 is 0 Å². The molecule has 0 fully saturated rings. The van der Waals surface area contributed by atoms with Gasteiger partial charge in [-0.2, -0.15) is 0 Å². The Labute approximate surface area is 120 Å². The number of benzene rings is 1. The molecule has 2 rings (SSSR count). The fourth-order valence-electron chi connectivity index (χ4n) is 1.89. The molecule has 0 radical (unpaired) electrons. The van der Waals surface area contributed by atoms with Crippen molar-refractivity contribution in [3.63, 3.8) is 0 Å². The van der Waals surface area contributed by atoms with Crippen LogP contribution in [0.15, 0.2) is 22.7 Å². The highest BCUT2D eigenvalue weighted by Crippen LogP contribution is 2.29. The van der Waals surface area contributed by atoms with Crippen molar-refractivity contribution in [3.05, 3.63) is 44.4 Å². The van der Waals surface area contributed by atoms with Crippen LogP contribution in [0.25, 0.3) is 0 Å². The maximum Gasteiger partial charge on any atom is 0.180 e. The lowest BCUT2D eigenvalue weighted by Crippen LogP contribution is -1.95. The minimum Gasteiger partial charge on any atom is -0.375 e. The number of nitrogen functional groups attached to an aromatic ring is 1. The summed E-state index contributed by atoms with van der Waals surface area (Å²) in [6.45, 7) is 6.41. The summed E-state index contributed by atoms with van der Waals surface area (Å²) in [6.07, 6.45) is 0.904. The Morgan fingerprint density at radius 1 is 1.39 bits per heavy atom. The molecule has 96 valence electrons. The number of thiazole rings is 1. The van der Waals surface area contributed by atoms with Crippen LogP contribution >= 0.6 is 27.3 Å². The molecule has 0 atom stereocenters. The smallest absolute Gasteiger partial charge is 0.180 e. The van der Waals surface area contributed by atoms with E-state index in [2.05, 4.69) is 59.9 Å². The maximum atomic E-state index is 5.82. The predicted octanol–water partition coefficient (Wildman–Crippen LogP) is 4.51. The number of rotatable bonds is 3. The minimum atomic E-state index is 0.419. The van der Waals surface area contributed by atoms with Gasteiger partial charge in [0.05, 0.1) is 5.69 Å². The number of nitrogens with zero attached hydrogens (tertiary/aromatic N) is 1. The van der Waals surface area contributed by atoms with E-state index in [1.54, 1.807) is 11.3 Å². The number of aryl methyl sites for hydroxylation is 1. The fourth-order valence-corrected chi connectivity index (χ4v) is 3.34. The molecule has 4 heteroatoms. The van der Waals surface area contributed by atoms with Crippen LogP contribution in [-0.2, 0) is 6.42 Å². The third-order valence-electron chi connectivity index (χ3n) is 2.89. The van der Waals surface area contributed by atoms with E-state index in [1.807, 2.05) is 0 Å². The summed E-state index contributed by atoms with van der Waals surface area (Å²) < 4.78 is 1.16. The molecule has 0 aliphatic heterocycles. The van der Waals surface area contributed by atoms with E-state index in [1.165, 1.54) is 16.0 Å². The predicted molar refractivity (Wildman–Crippen MR) is 82.3 cm³/mol. The summed E-state index contributed by atoms with van der Waals surface area (Å²) >= 11 is 5.17. The lowest BCUT2D eigenvalue weighted by molar-refractivity contribution is 0.820. The molecule has 2 nitrogen and oxygen atoms in total. The van der Waals surface area contributed by atoms with Crippen LogP contribution in [0, 0.1) is 6.92 Å². The van der Waals surface area contributed by atoms with Crippen molar-refractivity contribution < 1.29 is 0 Å². The molecule has 0 unspecified atom stereocenters. The molecule has 0 aliphatic rings. The van der Waals surface area contributed by atoms with Crippen LogP contribution < -0.4 is 5.73 Å². The molecule has 2 aromatic rings. The molecular formula is C14H17BrN2S. The van der Waals surface area contributed by atoms with Crippen molar-refractivity contribution in [1.29, 1.82) is 0 Å². The molecule has 0 saturated carbocycles. The SMILES string of the molecule is Cc1ccc(Cc2sc(N)nc2C(C)C)cc1Br. The van der Waals surface area contributed by atoms with Gasteiger partial charge in [0, 0.05) is 15.8 Å². The molecule has 0 aliphatic carbocycles. The van der Waals surface area contributed by atoms with Crippen molar-refractivity contribution >= 4 is 32.4 Å². The van der Waals surface area contributed by atoms with Crippen LogP contribution in [0.3, 0.4) is 0 Å². The van der Waals surface area contributed by atoms with Crippen LogP contribution in [0.4, 0.5) is 5.13 Å². The van der Waals surface area contributed by atoms with E-state index in [4.69, 9.17) is 5.73 Å². The Hall–Kier alpha value is -0.870. The first-order chi connectivity index (χ1) is 8.47. The Kier molecular flexibility index (Phi) is 4.07. The molecule has 18 heavy (non-hydrogen) atoms. The Balaban J connectivity index is 2.30. The zero-order valence-electron chi connectivity index (χ0n) is 10.8. The van der Waals surface area contributed by atoms with Crippen molar-refractivity contribution in [2.75, 3.05) is 5.73 Å². The third kappa shape index (κ3) is 2.93. The van der Waals surface area contributed by atoms with Gasteiger partial charge in [-0.25, -0.2) is 4.98 Å². The Morgan fingerprint density at radius 2 is 2.11 bits per heavy atom. The second-order valence-corrected chi connectivity index (χ2v) is 6.75. The second-order valence-electron chi connectivity index (χ2n) is 4.78. The average molecular weight is 325 g/mol. The fraction of sp³-hybridized carbons (Fsp3) is 0.357. The summed E-state index contributed by atoms with van der Waals surface area (Å²) in [4.78, 5) is 5.71. The van der Waals surface area contributed by atoms with Crippen LogP contribution in [0.5, 0.6) is 0 Å². The summed E-state index contributed by atoms with van der Waals surface area (Å²) in [5.74, 6) is 0.419. The summed E-state index contributed by atoms with van der Waals surface area (Å²) in [7, 11) is 0. The summed E-state index contributed by atoms with van der Waals surface area (Å²) in [6, 6.07) is 6.48. The third-order valence-corrected chi connectivity index (χ3v) is 4.65. The molecular weight excluding hydrogens is 308 g/mol. The second kappa shape index (κ2) is 5.41. The van der Waals surface area contributed by atoms with Crippen molar-refractivity contribution in [3.8, 4) is 0 Å². The van der Waals surface area contributed by atoms with Gasteiger partial charge in [-0.3, -0.25) is 0 Å². The molecule has 0 bridgehead atoms. The molecule has 0 saturated heterocycles. The summed E-state index contributed by atoms with van der Waals surface area (Å²) in [5.41, 5.74) is 9.50. The average Bonchev–Trinajstić information content (AvgIpc) is 2.65. The Morgan fingerprint density at radius 3 is 2.72 bits per heavy atom. The van der Waals surface area contributed by atoms with Gasteiger partial charge in [-0.1, -0.05) is 41.9 Å². The highest BCUT2D eigenvalue weighted by atomic mass is 79.9. The van der Waals surface area contributed by atoms with E-state index in [0.29, 0.717) is 11.0 Å². The summed E-state index contributed by atoms with van der Waals surface area (Å²) in [5, 5.41) is 0.667. The number of aromatic nitrogens is 1. The van der Waals surface area contributed by atoms with Gasteiger partial charge in [0.1, 0.15) is 0 Å². The minimum absolute atomic E-state index is 0.419. The van der Waals surface area contributed by atoms with Crippen LogP contribution in [0.2, 0.25) is 0 Å². The number of nitrogens with two attached hydrogens (primary N) is 1. The monoisotopic (exact) mass is 324 g/mol. The van der Waals surface area contributed by atoms with Gasteiger partial charge in [0.25, 0.3) is 0 Å². The van der Waals surface area contributed by atoms with Gasteiger partial charge in [-0.15, -0.1) is 11.3 Å². The first-order valence-corrected chi connectivity index (χ1v) is 7.58. The Bertz CT molecular complexity index is 561. The van der Waals surface area contributed by atoms with Gasteiger partial charge >= 0.3 is 0 Å². The molecule has 1 aromatic carbocycles. The molecule has 0 spiro atoms. The normalized spacial score (nSPS) is 11.2. The van der Waals surface area contributed by atoms with E-state index >= 15 is 0 Å². The van der Waals surface area contributed by atoms with Gasteiger partial charge in [-0.05, 0) is 30.0 Å². The van der Waals surface area contributed by atoms with Crippen molar-refractivity contribution in [1.82, 2.24) is 4.98 Å². The van der Waals surface area contributed by atoms with Crippen LogP contribution in [-0.4, -0.2) is 4.98 Å². The number of hydrogen-bond acceptors (Lipinski definition) is 3. The van der Waals surface area contributed by atoms with Crippen molar-refractivity contribution in [2.24, 2.45) is 0 Å². The molecule has 2 N–H and O–H groups in total. The van der Waals surface area contributed by atoms with Gasteiger partial charge in [0.2, 0.25) is 0 Å². The largest absolute Gasteiger partial charge is 0.375 e. The first-order valence-electron chi connectivity index (χ1n) is 5.97. The molecule has 1 aromatic heterocycles. The van der Waals surface area contributed by atoms with Gasteiger partial charge in [0.15, 0.2) is 5.13 Å². The quantitative estimate of drug-likeness (QED) is 0.902. The van der Waals surface area contributed by atoms with E-state index in [9.17, 15) is 0 Å². The number of anilines is 1. The van der Waals surface area contributed by atoms with E-state index in [0.717, 1.165) is 16.6 Å². The lowest BCUT2D eigenvalue weighted by atomic mass is 10.0. The standard InChI is InChI=1S/C14H17BrN2S/c1-8(2)13-12(18-14(16)17-13)7-10-5-4-9(3)11(15)6-10/h4-6,8H,7H2,1-3H3,(H2,16,17). The molecule has 0 amide bonds. The highest BCUT2D eigenvalue weighted by molar-refractivity contribution is 9.10. The zero-order valence-corrected chi connectivity index (χ0v) is 13.2. The topological polar surface area (TPSA) is 38.9 Å². The number of hydrogen-bond donors (Lipinski definition) is 1. The maximum absolute atomic E-state index is 5.82. The van der Waals surface area contributed by atoms with E-state index in [-0.39, 0.29) is 0 Å². The van der Waals surface area contributed by atoms with Gasteiger partial charge < -0.3 is 5.73 Å². The van der Waals surface area contributed by atoms with Crippen molar-refractivity contribution in [2.45, 2.75) is 33.1 Å². The van der Waals surface area contributed by atoms with Crippen LogP contribution in [0.1, 0.15) is 41.5 Å². The first kappa shape index (κ1) is 13.6. The molecule has 1 heterocycles.